The number of nitrogens with zero attached hydrogens (tertiary/aromatic N) is 3. The topological polar surface area (TPSA) is 71.6 Å². The molecule has 0 atom stereocenters. The van der Waals surface area contributed by atoms with Crippen molar-refractivity contribution in [3.05, 3.63) is 41.6 Å². The minimum Gasteiger partial charge on any atom is -0.383 e. The first kappa shape index (κ1) is 23.4. The molecule has 1 aromatic rings. The van der Waals surface area contributed by atoms with Crippen molar-refractivity contribution in [2.75, 3.05) is 79.9 Å². The Morgan fingerprint density at radius 3 is 2.19 bits per heavy atom. The van der Waals surface area contributed by atoms with Crippen LogP contribution in [-0.2, 0) is 23.8 Å². The third-order valence-electron chi connectivity index (χ3n) is 5.61. The Bertz CT molecular complexity index is 754. The summed E-state index contributed by atoms with van der Waals surface area (Å²) in [4.78, 5) is 32.4. The van der Waals surface area contributed by atoms with Gasteiger partial charge in [0.1, 0.15) is 5.70 Å². The van der Waals surface area contributed by atoms with Gasteiger partial charge in [-0.15, -0.1) is 0 Å². The SMILES string of the molecule is COCCN(CCOC)C1=C(c2ccccc2)C(=O)N(CCCN2CCOCC2)C1=O. The van der Waals surface area contributed by atoms with E-state index in [0.29, 0.717) is 44.1 Å². The molecule has 31 heavy (non-hydrogen) atoms. The molecule has 0 aromatic heterocycles. The highest BCUT2D eigenvalue weighted by atomic mass is 16.5. The molecular weight excluding hydrogens is 398 g/mol. The summed E-state index contributed by atoms with van der Waals surface area (Å²) in [5.74, 6) is -0.467. The summed E-state index contributed by atoms with van der Waals surface area (Å²) in [5, 5.41) is 0. The van der Waals surface area contributed by atoms with Gasteiger partial charge in [-0.1, -0.05) is 30.3 Å². The number of carbonyl (C=O) groups is 2. The van der Waals surface area contributed by atoms with Crippen LogP contribution in [-0.4, -0.2) is 106 Å². The number of benzene rings is 1. The first-order valence-electron chi connectivity index (χ1n) is 10.9. The van der Waals surface area contributed by atoms with Crippen LogP contribution in [0.25, 0.3) is 5.57 Å². The molecule has 0 radical (unpaired) electrons. The second kappa shape index (κ2) is 12.0. The van der Waals surface area contributed by atoms with Crippen molar-refractivity contribution < 1.29 is 23.8 Å². The van der Waals surface area contributed by atoms with Crippen LogP contribution in [0.5, 0.6) is 0 Å². The molecule has 0 bridgehead atoms. The van der Waals surface area contributed by atoms with E-state index in [1.165, 1.54) is 4.90 Å². The van der Waals surface area contributed by atoms with E-state index in [0.717, 1.165) is 44.8 Å². The van der Waals surface area contributed by atoms with E-state index in [-0.39, 0.29) is 11.8 Å². The number of hydrogen-bond acceptors (Lipinski definition) is 7. The lowest BCUT2D eigenvalue weighted by atomic mass is 10.0. The van der Waals surface area contributed by atoms with Gasteiger partial charge >= 0.3 is 0 Å². The van der Waals surface area contributed by atoms with Crippen molar-refractivity contribution in [1.82, 2.24) is 14.7 Å². The Morgan fingerprint density at radius 2 is 1.58 bits per heavy atom. The first-order chi connectivity index (χ1) is 15.2. The summed E-state index contributed by atoms with van der Waals surface area (Å²) in [6, 6.07) is 9.42. The average molecular weight is 432 g/mol. The van der Waals surface area contributed by atoms with Gasteiger partial charge in [0.15, 0.2) is 0 Å². The standard InChI is InChI=1S/C23H33N3O5/c1-29-15-13-25(14-16-30-2)21-20(19-7-4-3-5-8-19)22(27)26(23(21)28)10-6-9-24-11-17-31-18-12-24/h3-5,7-8H,6,9-18H2,1-2H3. The second-order valence-corrected chi connectivity index (χ2v) is 7.63. The lowest BCUT2D eigenvalue weighted by Gasteiger charge is -2.27. The smallest absolute Gasteiger partial charge is 0.277 e. The Kier molecular flexibility index (Phi) is 9.02. The highest BCUT2D eigenvalue weighted by molar-refractivity contribution is 6.35. The zero-order valence-electron chi connectivity index (χ0n) is 18.5. The lowest BCUT2D eigenvalue weighted by Crippen LogP contribution is -2.40. The summed E-state index contributed by atoms with van der Waals surface area (Å²) < 4.78 is 15.9. The highest BCUT2D eigenvalue weighted by Gasteiger charge is 2.41. The van der Waals surface area contributed by atoms with Gasteiger partial charge in [0, 0.05) is 53.5 Å². The number of amides is 2. The molecule has 0 spiro atoms. The Balaban J connectivity index is 1.81. The van der Waals surface area contributed by atoms with Gasteiger partial charge in [-0.2, -0.15) is 0 Å². The fraction of sp³-hybridized carbons (Fsp3) is 0.565. The Morgan fingerprint density at radius 1 is 0.935 bits per heavy atom. The summed E-state index contributed by atoms with van der Waals surface area (Å²) in [7, 11) is 3.25. The fourth-order valence-corrected chi connectivity index (χ4v) is 3.94. The van der Waals surface area contributed by atoms with Crippen molar-refractivity contribution in [1.29, 1.82) is 0 Å². The number of ether oxygens (including phenoxy) is 3. The normalized spacial score (nSPS) is 17.7. The molecule has 2 aliphatic heterocycles. The first-order valence-corrected chi connectivity index (χ1v) is 10.9. The van der Waals surface area contributed by atoms with E-state index < -0.39 is 0 Å². The monoisotopic (exact) mass is 431 g/mol. The number of morpholine rings is 1. The summed E-state index contributed by atoms with van der Waals surface area (Å²) in [6.45, 7) is 6.41. The van der Waals surface area contributed by atoms with Crippen LogP contribution in [0.2, 0.25) is 0 Å². The molecule has 0 saturated carbocycles. The molecule has 2 aliphatic rings. The van der Waals surface area contributed by atoms with Gasteiger partial charge in [-0.3, -0.25) is 19.4 Å². The van der Waals surface area contributed by atoms with Crippen molar-refractivity contribution in [3.8, 4) is 0 Å². The van der Waals surface area contributed by atoms with Crippen molar-refractivity contribution in [3.63, 3.8) is 0 Å². The number of hydrogen-bond donors (Lipinski definition) is 0. The van der Waals surface area contributed by atoms with Gasteiger partial charge in [0.2, 0.25) is 0 Å². The fourth-order valence-electron chi connectivity index (χ4n) is 3.94. The van der Waals surface area contributed by atoms with Crippen LogP contribution in [0, 0.1) is 0 Å². The van der Waals surface area contributed by atoms with E-state index in [1.807, 2.05) is 35.2 Å². The summed E-state index contributed by atoms with van der Waals surface area (Å²) in [5.41, 5.74) is 1.66. The van der Waals surface area contributed by atoms with Crippen LogP contribution >= 0.6 is 0 Å². The maximum atomic E-state index is 13.4. The molecule has 0 aliphatic carbocycles. The van der Waals surface area contributed by atoms with Crippen LogP contribution in [0.15, 0.2) is 36.0 Å². The van der Waals surface area contributed by atoms with Crippen molar-refractivity contribution >= 4 is 17.4 Å². The van der Waals surface area contributed by atoms with Crippen LogP contribution in [0.1, 0.15) is 12.0 Å². The van der Waals surface area contributed by atoms with Crippen LogP contribution < -0.4 is 0 Å². The number of imide groups is 1. The van der Waals surface area contributed by atoms with Crippen LogP contribution in [0.3, 0.4) is 0 Å². The molecule has 3 rings (SSSR count). The van der Waals surface area contributed by atoms with Gasteiger partial charge in [-0.05, 0) is 12.0 Å². The predicted molar refractivity (Wildman–Crippen MR) is 117 cm³/mol. The molecule has 1 saturated heterocycles. The van der Waals surface area contributed by atoms with E-state index in [9.17, 15) is 9.59 Å². The molecule has 2 heterocycles. The quantitative estimate of drug-likeness (QED) is 0.459. The molecule has 0 unspecified atom stereocenters. The van der Waals surface area contributed by atoms with Gasteiger partial charge < -0.3 is 19.1 Å². The molecule has 1 aromatic carbocycles. The van der Waals surface area contributed by atoms with Crippen molar-refractivity contribution in [2.24, 2.45) is 0 Å². The highest BCUT2D eigenvalue weighted by Crippen LogP contribution is 2.31. The Labute approximate surface area is 184 Å². The zero-order chi connectivity index (χ0) is 22.1. The van der Waals surface area contributed by atoms with Gasteiger partial charge in [0.25, 0.3) is 11.8 Å². The molecule has 8 heteroatoms. The molecular formula is C23H33N3O5. The van der Waals surface area contributed by atoms with E-state index in [4.69, 9.17) is 14.2 Å². The summed E-state index contributed by atoms with van der Waals surface area (Å²) in [6.07, 6.45) is 0.739. The molecule has 170 valence electrons. The van der Waals surface area contributed by atoms with Gasteiger partial charge in [-0.25, -0.2) is 0 Å². The van der Waals surface area contributed by atoms with E-state index in [2.05, 4.69) is 4.90 Å². The Hall–Kier alpha value is -2.26. The number of carbonyl (C=O) groups excluding carboxylic acids is 2. The maximum Gasteiger partial charge on any atom is 0.277 e. The number of methoxy groups -OCH3 is 2. The minimum atomic E-state index is -0.238. The second-order valence-electron chi connectivity index (χ2n) is 7.63. The summed E-state index contributed by atoms with van der Waals surface area (Å²) >= 11 is 0. The molecule has 0 N–H and O–H groups in total. The third kappa shape index (κ3) is 5.92. The lowest BCUT2D eigenvalue weighted by molar-refractivity contribution is -0.137. The molecule has 1 fully saturated rings. The largest absolute Gasteiger partial charge is 0.383 e. The van der Waals surface area contributed by atoms with E-state index in [1.54, 1.807) is 14.2 Å². The zero-order valence-corrected chi connectivity index (χ0v) is 18.5. The predicted octanol–water partition coefficient (Wildman–Crippen LogP) is 1.08. The average Bonchev–Trinajstić information content (AvgIpc) is 3.05. The minimum absolute atomic E-state index is 0.229. The third-order valence-corrected chi connectivity index (χ3v) is 5.61. The maximum absolute atomic E-state index is 13.4. The van der Waals surface area contributed by atoms with Gasteiger partial charge in [0.05, 0.1) is 32.0 Å². The molecule has 2 amide bonds. The van der Waals surface area contributed by atoms with Crippen molar-refractivity contribution in [2.45, 2.75) is 6.42 Å². The number of rotatable bonds is 12. The van der Waals surface area contributed by atoms with E-state index >= 15 is 0 Å². The molecule has 8 nitrogen and oxygen atoms in total. The van der Waals surface area contributed by atoms with Crippen LogP contribution in [0.4, 0.5) is 0 Å².